The van der Waals surface area contributed by atoms with Crippen molar-refractivity contribution >= 4 is 34.6 Å². The van der Waals surface area contributed by atoms with E-state index in [1.807, 2.05) is 14.1 Å². The quantitative estimate of drug-likeness (QED) is 0.855. The number of benzene rings is 2. The van der Waals surface area contributed by atoms with Gasteiger partial charge in [-0.25, -0.2) is 4.39 Å². The molecule has 0 spiro atoms. The molecule has 110 valence electrons. The first-order valence-corrected chi connectivity index (χ1v) is 6.60. The number of carbonyl (C=O) groups is 1. The van der Waals surface area contributed by atoms with Crippen molar-refractivity contribution in [3.05, 3.63) is 52.8 Å². The van der Waals surface area contributed by atoms with E-state index in [1.54, 1.807) is 23.1 Å². The molecule has 0 radical (unpaired) electrons. The number of rotatable bonds is 3. The molecule has 0 aliphatic carbocycles. The lowest BCUT2D eigenvalue weighted by atomic mass is 10.2. The summed E-state index contributed by atoms with van der Waals surface area (Å²) >= 11 is 6.07. The molecule has 0 aromatic heterocycles. The molecule has 0 heterocycles. The Hall–Kier alpha value is -2.27. The van der Waals surface area contributed by atoms with Gasteiger partial charge in [0.1, 0.15) is 5.82 Å². The molecule has 0 atom stereocenters. The van der Waals surface area contributed by atoms with E-state index in [0.717, 1.165) is 0 Å². The van der Waals surface area contributed by atoms with Gasteiger partial charge in [-0.2, -0.15) is 0 Å². The zero-order valence-electron chi connectivity index (χ0n) is 11.7. The fourth-order valence-corrected chi connectivity index (χ4v) is 2.11. The van der Waals surface area contributed by atoms with Gasteiger partial charge in [-0.3, -0.25) is 4.79 Å². The van der Waals surface area contributed by atoms with Crippen molar-refractivity contribution in [3.8, 4) is 0 Å². The van der Waals surface area contributed by atoms with E-state index >= 15 is 0 Å². The molecule has 0 saturated carbocycles. The highest BCUT2D eigenvalue weighted by atomic mass is 35.5. The number of amides is 1. The number of anilines is 3. The lowest BCUT2D eigenvalue weighted by molar-refractivity contribution is 0.102. The second-order valence-electron chi connectivity index (χ2n) is 4.72. The zero-order valence-corrected chi connectivity index (χ0v) is 12.4. The molecule has 0 bridgehead atoms. The Morgan fingerprint density at radius 2 is 1.95 bits per heavy atom. The summed E-state index contributed by atoms with van der Waals surface area (Å²) in [5, 5.41) is 2.89. The van der Waals surface area contributed by atoms with Gasteiger partial charge in [-0.1, -0.05) is 23.7 Å². The van der Waals surface area contributed by atoms with Crippen LogP contribution in [0.2, 0.25) is 5.02 Å². The lowest BCUT2D eigenvalue weighted by Gasteiger charge is -2.18. The lowest BCUT2D eigenvalue weighted by Crippen LogP contribution is -2.16. The van der Waals surface area contributed by atoms with Gasteiger partial charge in [-0.05, 0) is 24.3 Å². The maximum absolute atomic E-state index is 13.6. The molecular formula is C15H15ClFN3O. The van der Waals surface area contributed by atoms with Gasteiger partial charge >= 0.3 is 0 Å². The number of hydrogen-bond donors (Lipinski definition) is 2. The first-order chi connectivity index (χ1) is 9.90. The highest BCUT2D eigenvalue weighted by Gasteiger charge is 2.14. The van der Waals surface area contributed by atoms with Gasteiger partial charge in [0.2, 0.25) is 0 Å². The van der Waals surface area contributed by atoms with E-state index in [1.165, 1.54) is 18.2 Å². The fraction of sp³-hybridized carbons (Fsp3) is 0.133. The second kappa shape index (κ2) is 6.01. The molecular weight excluding hydrogens is 293 g/mol. The van der Waals surface area contributed by atoms with Crippen molar-refractivity contribution in [1.29, 1.82) is 0 Å². The fourth-order valence-electron chi connectivity index (χ4n) is 1.90. The summed E-state index contributed by atoms with van der Waals surface area (Å²) in [5.74, 6) is -1.15. The topological polar surface area (TPSA) is 58.4 Å². The second-order valence-corrected chi connectivity index (χ2v) is 5.13. The minimum Gasteiger partial charge on any atom is -0.397 e. The molecule has 4 nitrogen and oxygen atoms in total. The number of hydrogen-bond acceptors (Lipinski definition) is 3. The van der Waals surface area contributed by atoms with Crippen LogP contribution in [0.4, 0.5) is 21.5 Å². The number of nitrogen functional groups attached to an aromatic ring is 1. The Kier molecular flexibility index (Phi) is 4.33. The van der Waals surface area contributed by atoms with Crippen molar-refractivity contribution in [2.45, 2.75) is 0 Å². The largest absolute Gasteiger partial charge is 0.397 e. The van der Waals surface area contributed by atoms with Crippen LogP contribution in [0, 0.1) is 5.82 Å². The van der Waals surface area contributed by atoms with Gasteiger partial charge in [0.05, 0.1) is 27.6 Å². The van der Waals surface area contributed by atoms with E-state index in [2.05, 4.69) is 5.32 Å². The van der Waals surface area contributed by atoms with E-state index < -0.39 is 11.7 Å². The van der Waals surface area contributed by atoms with E-state index in [0.29, 0.717) is 22.1 Å². The van der Waals surface area contributed by atoms with E-state index in [9.17, 15) is 9.18 Å². The summed E-state index contributed by atoms with van der Waals surface area (Å²) < 4.78 is 13.6. The van der Waals surface area contributed by atoms with Gasteiger partial charge in [-0.15, -0.1) is 0 Å². The number of carbonyl (C=O) groups excluding carboxylic acids is 1. The Morgan fingerprint density at radius 1 is 1.29 bits per heavy atom. The average molecular weight is 308 g/mol. The molecule has 0 aliphatic rings. The molecule has 1 amide bonds. The molecule has 6 heteroatoms. The molecule has 2 rings (SSSR count). The molecule has 0 unspecified atom stereocenters. The number of halogens is 2. The summed E-state index contributed by atoms with van der Waals surface area (Å²) in [6, 6.07) is 8.94. The molecule has 2 aromatic rings. The van der Waals surface area contributed by atoms with Crippen LogP contribution in [-0.4, -0.2) is 20.0 Å². The summed E-state index contributed by atoms with van der Waals surface area (Å²) in [6.07, 6.45) is 0. The van der Waals surface area contributed by atoms with Crippen LogP contribution in [-0.2, 0) is 0 Å². The van der Waals surface area contributed by atoms with Gasteiger partial charge in [0.25, 0.3) is 5.91 Å². The predicted molar refractivity (Wildman–Crippen MR) is 84.5 cm³/mol. The van der Waals surface area contributed by atoms with Crippen LogP contribution in [0.5, 0.6) is 0 Å². The minimum atomic E-state index is -0.589. The average Bonchev–Trinajstić information content (AvgIpc) is 2.41. The molecule has 21 heavy (non-hydrogen) atoms. The van der Waals surface area contributed by atoms with E-state index in [-0.39, 0.29) is 5.56 Å². The Balaban J connectivity index is 2.34. The van der Waals surface area contributed by atoms with Crippen molar-refractivity contribution in [1.82, 2.24) is 0 Å². The molecule has 2 aromatic carbocycles. The Bertz CT molecular complexity index is 689. The predicted octanol–water partition coefficient (Wildman–Crippen LogP) is 3.38. The highest BCUT2D eigenvalue weighted by Crippen LogP contribution is 2.32. The highest BCUT2D eigenvalue weighted by molar-refractivity contribution is 6.34. The SMILES string of the molecule is CN(C)c1cc(NC(=O)c2ccccc2F)c(Cl)cc1N. The Labute approximate surface area is 127 Å². The van der Waals surface area contributed by atoms with Crippen molar-refractivity contribution in [2.24, 2.45) is 0 Å². The summed E-state index contributed by atoms with van der Waals surface area (Å²) in [7, 11) is 3.64. The molecule has 0 fully saturated rings. The number of nitrogens with one attached hydrogen (secondary N) is 1. The maximum atomic E-state index is 13.6. The van der Waals surface area contributed by atoms with Crippen LogP contribution >= 0.6 is 11.6 Å². The van der Waals surface area contributed by atoms with Crippen LogP contribution in [0.15, 0.2) is 36.4 Å². The maximum Gasteiger partial charge on any atom is 0.258 e. The third-order valence-corrected chi connectivity index (χ3v) is 3.28. The van der Waals surface area contributed by atoms with Crippen LogP contribution in [0.1, 0.15) is 10.4 Å². The monoisotopic (exact) mass is 307 g/mol. The summed E-state index contributed by atoms with van der Waals surface area (Å²) in [5.41, 5.74) is 7.40. The smallest absolute Gasteiger partial charge is 0.258 e. The van der Waals surface area contributed by atoms with Gasteiger partial charge in [0.15, 0.2) is 0 Å². The van der Waals surface area contributed by atoms with Crippen LogP contribution in [0.3, 0.4) is 0 Å². The number of nitrogens with zero attached hydrogens (tertiary/aromatic N) is 1. The summed E-state index contributed by atoms with van der Waals surface area (Å²) in [6.45, 7) is 0. The molecule has 0 aliphatic heterocycles. The molecule has 0 saturated heterocycles. The molecule has 3 N–H and O–H groups in total. The van der Waals surface area contributed by atoms with Crippen molar-refractivity contribution in [3.63, 3.8) is 0 Å². The third-order valence-electron chi connectivity index (χ3n) is 2.96. The zero-order chi connectivity index (χ0) is 15.6. The first kappa shape index (κ1) is 15.1. The van der Waals surface area contributed by atoms with Crippen molar-refractivity contribution in [2.75, 3.05) is 30.0 Å². The normalized spacial score (nSPS) is 10.3. The third kappa shape index (κ3) is 3.25. The van der Waals surface area contributed by atoms with Gasteiger partial charge < -0.3 is 16.0 Å². The van der Waals surface area contributed by atoms with Crippen LogP contribution < -0.4 is 16.0 Å². The summed E-state index contributed by atoms with van der Waals surface area (Å²) in [4.78, 5) is 13.9. The first-order valence-electron chi connectivity index (χ1n) is 6.22. The van der Waals surface area contributed by atoms with E-state index in [4.69, 9.17) is 17.3 Å². The Morgan fingerprint density at radius 3 is 2.57 bits per heavy atom. The number of nitrogens with two attached hydrogens (primary N) is 1. The standard InChI is InChI=1S/C15H15ClFN3O/c1-20(2)14-8-13(10(16)7-12(14)18)19-15(21)9-5-3-4-6-11(9)17/h3-8H,18H2,1-2H3,(H,19,21). The van der Waals surface area contributed by atoms with Gasteiger partial charge in [0, 0.05) is 14.1 Å². The minimum absolute atomic E-state index is 0.0446. The van der Waals surface area contributed by atoms with Crippen molar-refractivity contribution < 1.29 is 9.18 Å². The van der Waals surface area contributed by atoms with Crippen LogP contribution in [0.25, 0.3) is 0 Å².